The minimum Gasteiger partial charge on any atom is -0.465 e. The van der Waals surface area contributed by atoms with Crippen molar-refractivity contribution in [3.05, 3.63) is 65.2 Å². The molecule has 0 aliphatic carbocycles. The van der Waals surface area contributed by atoms with Gasteiger partial charge in [-0.1, -0.05) is 48.7 Å². The lowest BCUT2D eigenvalue weighted by molar-refractivity contribution is -0.142. The van der Waals surface area contributed by atoms with Gasteiger partial charge in [-0.3, -0.25) is 4.79 Å². The van der Waals surface area contributed by atoms with Gasteiger partial charge in [-0.05, 0) is 56.9 Å². The average Bonchev–Trinajstić information content (AvgIpc) is 2.70. The molecule has 2 aromatic carbocycles. The fourth-order valence-electron chi connectivity index (χ4n) is 3.27. The first-order valence-corrected chi connectivity index (χ1v) is 11.7. The maximum Gasteiger partial charge on any atom is 0.416 e. The molecule has 0 aliphatic rings. The van der Waals surface area contributed by atoms with Crippen LogP contribution in [0.25, 0.3) is 0 Å². The number of aryl methyl sites for hydroxylation is 2. The van der Waals surface area contributed by atoms with Gasteiger partial charge in [0.15, 0.2) is 15.1 Å². The molecule has 2 rings (SSSR count). The Labute approximate surface area is 181 Å². The quantitative estimate of drug-likeness (QED) is 0.349. The van der Waals surface area contributed by atoms with Crippen molar-refractivity contribution in [1.82, 2.24) is 0 Å². The number of alkyl halides is 3. The van der Waals surface area contributed by atoms with Crippen LogP contribution >= 0.6 is 0 Å². The number of hydrogen-bond acceptors (Lipinski definition) is 4. The van der Waals surface area contributed by atoms with Gasteiger partial charge < -0.3 is 4.74 Å². The third-order valence-corrected chi connectivity index (χ3v) is 7.07. The smallest absolute Gasteiger partial charge is 0.416 e. The highest BCUT2D eigenvalue weighted by Crippen LogP contribution is 2.30. The summed E-state index contributed by atoms with van der Waals surface area (Å²) in [5, 5.41) is -1.30. The highest BCUT2D eigenvalue weighted by Gasteiger charge is 2.34. The molecule has 0 spiro atoms. The van der Waals surface area contributed by atoms with Gasteiger partial charge in [-0.25, -0.2) is 8.42 Å². The van der Waals surface area contributed by atoms with E-state index < -0.39 is 32.8 Å². The maximum atomic E-state index is 13.0. The summed E-state index contributed by atoms with van der Waals surface area (Å²) in [6.07, 6.45) is -2.24. The Morgan fingerprint density at radius 2 is 1.71 bits per heavy atom. The highest BCUT2D eigenvalue weighted by atomic mass is 32.2. The SMILES string of the molecule is CCOC(=O)C(CCCCCc1cccc(C(F)(F)F)c1)S(=O)(=O)c1ccc(C)cc1. The Bertz CT molecular complexity index is 967. The lowest BCUT2D eigenvalue weighted by Gasteiger charge is -2.16. The zero-order valence-electron chi connectivity index (χ0n) is 17.6. The molecule has 0 amide bonds. The largest absolute Gasteiger partial charge is 0.465 e. The number of rotatable bonds is 10. The second-order valence-electron chi connectivity index (χ2n) is 7.40. The molecule has 31 heavy (non-hydrogen) atoms. The summed E-state index contributed by atoms with van der Waals surface area (Å²) in [5.41, 5.74) is 0.793. The van der Waals surface area contributed by atoms with Crippen molar-refractivity contribution in [3.8, 4) is 0 Å². The first kappa shape index (κ1) is 24.9. The van der Waals surface area contributed by atoms with Crippen LogP contribution in [0.15, 0.2) is 53.4 Å². The third-order valence-electron chi connectivity index (χ3n) is 4.96. The average molecular weight is 457 g/mol. The Balaban J connectivity index is 1.99. The number of carbonyl (C=O) groups excluding carboxylic acids is 1. The van der Waals surface area contributed by atoms with Crippen molar-refractivity contribution in [2.45, 2.75) is 62.3 Å². The number of unbranched alkanes of at least 4 members (excludes halogenated alkanes) is 2. The van der Waals surface area contributed by atoms with Gasteiger partial charge in [0.1, 0.15) is 0 Å². The molecule has 0 saturated heterocycles. The Hall–Kier alpha value is -2.35. The zero-order valence-corrected chi connectivity index (χ0v) is 18.4. The van der Waals surface area contributed by atoms with E-state index in [4.69, 9.17) is 4.74 Å². The van der Waals surface area contributed by atoms with Crippen LogP contribution in [-0.4, -0.2) is 26.2 Å². The van der Waals surface area contributed by atoms with E-state index in [1.807, 2.05) is 6.92 Å². The Morgan fingerprint density at radius 3 is 2.32 bits per heavy atom. The molecule has 2 aromatic rings. The molecule has 1 unspecified atom stereocenters. The molecule has 0 radical (unpaired) electrons. The van der Waals surface area contributed by atoms with Gasteiger partial charge in [-0.15, -0.1) is 0 Å². The van der Waals surface area contributed by atoms with Gasteiger partial charge >= 0.3 is 12.1 Å². The predicted molar refractivity (Wildman–Crippen MR) is 112 cm³/mol. The standard InChI is InChI=1S/C23H27F3O4S/c1-3-30-22(27)21(31(28,29)20-14-12-17(2)13-15-20)11-6-4-5-8-18-9-7-10-19(16-18)23(24,25)26/h7,9-10,12-16,21H,3-6,8,11H2,1-2H3. The summed E-state index contributed by atoms with van der Waals surface area (Å²) < 4.78 is 69.4. The van der Waals surface area contributed by atoms with Crippen molar-refractivity contribution >= 4 is 15.8 Å². The van der Waals surface area contributed by atoms with Crippen molar-refractivity contribution in [2.75, 3.05) is 6.61 Å². The van der Waals surface area contributed by atoms with Gasteiger partial charge in [-0.2, -0.15) is 13.2 Å². The topological polar surface area (TPSA) is 60.4 Å². The van der Waals surface area contributed by atoms with Crippen LogP contribution < -0.4 is 0 Å². The summed E-state index contributed by atoms with van der Waals surface area (Å²) >= 11 is 0. The molecule has 4 nitrogen and oxygen atoms in total. The van der Waals surface area contributed by atoms with Crippen LogP contribution in [0.1, 0.15) is 49.3 Å². The number of hydrogen-bond donors (Lipinski definition) is 0. The Morgan fingerprint density at radius 1 is 1.03 bits per heavy atom. The van der Waals surface area contributed by atoms with Gasteiger partial charge in [0, 0.05) is 0 Å². The monoisotopic (exact) mass is 456 g/mol. The predicted octanol–water partition coefficient (Wildman–Crippen LogP) is 5.52. The van der Waals surface area contributed by atoms with Crippen LogP contribution in [0.5, 0.6) is 0 Å². The zero-order chi connectivity index (χ0) is 23.1. The second-order valence-corrected chi connectivity index (χ2v) is 9.53. The van der Waals surface area contributed by atoms with E-state index in [1.165, 1.54) is 18.2 Å². The molecule has 1 atom stereocenters. The van der Waals surface area contributed by atoms with Crippen molar-refractivity contribution in [3.63, 3.8) is 0 Å². The number of esters is 1. The number of carbonyl (C=O) groups is 1. The van der Waals surface area contributed by atoms with Crippen LogP contribution in [-0.2, 0) is 32.0 Å². The minimum atomic E-state index is -4.38. The second kappa shape index (κ2) is 10.8. The molecular weight excluding hydrogens is 429 g/mol. The third kappa shape index (κ3) is 7.09. The first-order chi connectivity index (χ1) is 14.6. The van der Waals surface area contributed by atoms with E-state index in [-0.39, 0.29) is 17.9 Å². The fourth-order valence-corrected chi connectivity index (χ4v) is 4.91. The van der Waals surface area contributed by atoms with Crippen LogP contribution in [0, 0.1) is 6.92 Å². The summed E-state index contributed by atoms with van der Waals surface area (Å²) in [5.74, 6) is -0.777. The molecular formula is C23H27F3O4S. The fraction of sp³-hybridized carbons (Fsp3) is 0.435. The number of halogens is 3. The van der Waals surface area contributed by atoms with Crippen LogP contribution in [0.4, 0.5) is 13.2 Å². The molecule has 170 valence electrons. The molecule has 8 heteroatoms. The van der Waals surface area contributed by atoms with Crippen LogP contribution in [0.2, 0.25) is 0 Å². The molecule has 0 aliphatic heterocycles. The first-order valence-electron chi connectivity index (χ1n) is 10.2. The summed E-state index contributed by atoms with van der Waals surface area (Å²) in [6, 6.07) is 11.5. The molecule has 0 N–H and O–H groups in total. The van der Waals surface area contributed by atoms with Crippen molar-refractivity contribution in [1.29, 1.82) is 0 Å². The molecule has 0 bridgehead atoms. The van der Waals surface area contributed by atoms with E-state index in [0.717, 1.165) is 17.7 Å². The highest BCUT2D eigenvalue weighted by molar-refractivity contribution is 7.92. The van der Waals surface area contributed by atoms with Crippen molar-refractivity contribution in [2.24, 2.45) is 0 Å². The minimum absolute atomic E-state index is 0.0696. The number of benzene rings is 2. The van der Waals surface area contributed by atoms with Crippen molar-refractivity contribution < 1.29 is 31.1 Å². The summed E-state index contributed by atoms with van der Waals surface area (Å²) in [4.78, 5) is 12.4. The van der Waals surface area contributed by atoms with E-state index in [2.05, 4.69) is 0 Å². The van der Waals surface area contributed by atoms with Gasteiger partial charge in [0.05, 0.1) is 17.1 Å². The maximum absolute atomic E-state index is 13.0. The summed E-state index contributed by atoms with van der Waals surface area (Å²) in [7, 11) is -3.90. The van der Waals surface area contributed by atoms with Gasteiger partial charge in [0.25, 0.3) is 0 Å². The Kier molecular flexibility index (Phi) is 8.68. The van der Waals surface area contributed by atoms with Crippen LogP contribution in [0.3, 0.4) is 0 Å². The number of ether oxygens (including phenoxy) is 1. The van der Waals surface area contributed by atoms with E-state index in [9.17, 15) is 26.4 Å². The number of sulfone groups is 1. The van der Waals surface area contributed by atoms with E-state index >= 15 is 0 Å². The van der Waals surface area contributed by atoms with E-state index in [0.29, 0.717) is 31.2 Å². The summed E-state index contributed by atoms with van der Waals surface area (Å²) in [6.45, 7) is 3.53. The molecule has 0 heterocycles. The van der Waals surface area contributed by atoms with E-state index in [1.54, 1.807) is 25.1 Å². The van der Waals surface area contributed by atoms with Gasteiger partial charge in [0.2, 0.25) is 0 Å². The molecule has 0 aromatic heterocycles. The molecule has 0 fully saturated rings. The molecule has 0 saturated carbocycles. The lowest BCUT2D eigenvalue weighted by Crippen LogP contribution is -2.32. The lowest BCUT2D eigenvalue weighted by atomic mass is 10.0. The normalized spacial score (nSPS) is 13.1.